The molecule has 0 aliphatic rings. The van der Waals surface area contributed by atoms with E-state index in [1.807, 2.05) is 0 Å². The quantitative estimate of drug-likeness (QED) is 0.377. The summed E-state index contributed by atoms with van der Waals surface area (Å²) >= 11 is 12.4. The van der Waals surface area contributed by atoms with Gasteiger partial charge in [0.05, 0.1) is 13.2 Å². The Morgan fingerprint density at radius 3 is 2.00 bits per heavy atom. The van der Waals surface area contributed by atoms with E-state index >= 15 is 0 Å². The molecule has 0 saturated carbocycles. The lowest BCUT2D eigenvalue weighted by atomic mass is 9.99. The molecule has 0 spiro atoms. The topological polar surface area (TPSA) is 105 Å². The summed E-state index contributed by atoms with van der Waals surface area (Å²) in [5.41, 5.74) is 1.31. The first kappa shape index (κ1) is 26.2. The summed E-state index contributed by atoms with van der Waals surface area (Å²) in [7, 11) is 1.18. The third-order valence-corrected chi connectivity index (χ3v) is 6.05. The highest BCUT2D eigenvalue weighted by Gasteiger charge is 2.33. The first-order valence-corrected chi connectivity index (χ1v) is 11.5. The summed E-state index contributed by atoms with van der Waals surface area (Å²) in [6.07, 6.45) is -1.78. The predicted molar refractivity (Wildman–Crippen MR) is 133 cm³/mol. The summed E-state index contributed by atoms with van der Waals surface area (Å²) in [5, 5.41) is 16.8. The molecule has 0 bridgehead atoms. The number of esters is 1. The molecule has 9 heteroatoms. The van der Waals surface area contributed by atoms with Gasteiger partial charge in [0.1, 0.15) is 6.04 Å². The fourth-order valence-corrected chi connectivity index (χ4v) is 4.05. The van der Waals surface area contributed by atoms with Gasteiger partial charge in [-0.3, -0.25) is 9.59 Å². The van der Waals surface area contributed by atoms with Crippen molar-refractivity contribution in [2.24, 2.45) is 0 Å². The van der Waals surface area contributed by atoms with Crippen LogP contribution in [0.4, 0.5) is 0 Å². The van der Waals surface area contributed by atoms with Crippen molar-refractivity contribution < 1.29 is 24.2 Å². The Labute approximate surface area is 213 Å². The molecular formula is C26H24Cl2N2O5. The van der Waals surface area contributed by atoms with Crippen LogP contribution < -0.4 is 10.6 Å². The smallest absolute Gasteiger partial charge is 0.328 e. The van der Waals surface area contributed by atoms with Crippen LogP contribution >= 0.6 is 23.2 Å². The third-order valence-electron chi connectivity index (χ3n) is 5.34. The van der Waals surface area contributed by atoms with Gasteiger partial charge >= 0.3 is 5.97 Å². The maximum absolute atomic E-state index is 13.1. The van der Waals surface area contributed by atoms with Gasteiger partial charge in [-0.2, -0.15) is 0 Å². The van der Waals surface area contributed by atoms with Crippen molar-refractivity contribution in [2.45, 2.75) is 24.6 Å². The highest BCUT2D eigenvalue weighted by Crippen LogP contribution is 2.26. The molecule has 3 rings (SSSR count). The lowest BCUT2D eigenvalue weighted by molar-refractivity contribution is -0.146. The van der Waals surface area contributed by atoms with Gasteiger partial charge in [-0.15, -0.1) is 0 Å². The van der Waals surface area contributed by atoms with Gasteiger partial charge in [0.2, 0.25) is 0 Å². The largest absolute Gasteiger partial charge is 0.467 e. The number of nitrogens with one attached hydrogen (secondary N) is 2. The Kier molecular flexibility index (Phi) is 9.25. The maximum atomic E-state index is 13.1. The number of hydrogen-bond acceptors (Lipinski definition) is 5. The monoisotopic (exact) mass is 514 g/mol. The lowest BCUT2D eigenvalue weighted by Crippen LogP contribution is -2.51. The van der Waals surface area contributed by atoms with Gasteiger partial charge in [0.15, 0.2) is 6.10 Å². The molecule has 0 radical (unpaired) electrons. The van der Waals surface area contributed by atoms with Crippen molar-refractivity contribution in [1.82, 2.24) is 10.6 Å². The number of amides is 2. The number of benzene rings is 3. The molecule has 35 heavy (non-hydrogen) atoms. The molecule has 7 nitrogen and oxygen atoms in total. The zero-order valence-electron chi connectivity index (χ0n) is 18.8. The summed E-state index contributed by atoms with van der Waals surface area (Å²) in [6, 6.07) is 19.6. The zero-order chi connectivity index (χ0) is 25.4. The van der Waals surface area contributed by atoms with Gasteiger partial charge in [-0.1, -0.05) is 77.8 Å². The van der Waals surface area contributed by atoms with Crippen LogP contribution in [0, 0.1) is 0 Å². The van der Waals surface area contributed by atoms with Crippen LogP contribution in [0.15, 0.2) is 78.9 Å². The van der Waals surface area contributed by atoms with E-state index in [1.54, 1.807) is 78.9 Å². The van der Waals surface area contributed by atoms with Gasteiger partial charge in [0.25, 0.3) is 11.8 Å². The standard InChI is InChI=1S/C26H24Cl2N2O5/c1-35-26(34)21(15-18-19(27)13-8-14-20(18)28)29-25(33)23(31)22(16-9-4-2-5-10-16)30-24(32)17-11-6-3-7-12-17/h2-14,21-23,31H,15H2,1H3,(H,29,33)(H,30,32)/t21-,22+,23-/m1/s1. The van der Waals surface area contributed by atoms with Crippen LogP contribution in [0.25, 0.3) is 0 Å². The Morgan fingerprint density at radius 1 is 0.857 bits per heavy atom. The molecule has 0 aliphatic heterocycles. The second kappa shape index (κ2) is 12.4. The fourth-order valence-electron chi connectivity index (χ4n) is 3.49. The zero-order valence-corrected chi connectivity index (χ0v) is 20.3. The van der Waals surface area contributed by atoms with Gasteiger partial charge in [-0.25, -0.2) is 4.79 Å². The molecule has 0 aliphatic carbocycles. The van der Waals surface area contributed by atoms with Crippen molar-refractivity contribution >= 4 is 41.0 Å². The average molecular weight is 515 g/mol. The van der Waals surface area contributed by atoms with Gasteiger partial charge in [0, 0.05) is 22.0 Å². The summed E-state index contributed by atoms with van der Waals surface area (Å²) < 4.78 is 4.82. The van der Waals surface area contributed by atoms with E-state index in [-0.39, 0.29) is 6.42 Å². The minimum absolute atomic E-state index is 0.0595. The lowest BCUT2D eigenvalue weighted by Gasteiger charge is -2.26. The van der Waals surface area contributed by atoms with Crippen molar-refractivity contribution in [2.75, 3.05) is 7.11 Å². The third kappa shape index (κ3) is 6.82. The fraction of sp³-hybridized carbons (Fsp3) is 0.192. The minimum atomic E-state index is -1.72. The van der Waals surface area contributed by atoms with Crippen LogP contribution in [0.2, 0.25) is 10.0 Å². The molecule has 3 aromatic carbocycles. The number of aliphatic hydroxyl groups is 1. The van der Waals surface area contributed by atoms with Crippen molar-refractivity contribution in [3.05, 3.63) is 106 Å². The normalized spacial score (nSPS) is 13.3. The molecule has 0 aromatic heterocycles. The van der Waals surface area contributed by atoms with Crippen LogP contribution in [-0.4, -0.2) is 42.1 Å². The van der Waals surface area contributed by atoms with E-state index in [0.717, 1.165) is 0 Å². The number of rotatable bonds is 9. The molecule has 3 atom stereocenters. The second-order valence-electron chi connectivity index (χ2n) is 7.66. The number of carbonyl (C=O) groups excluding carboxylic acids is 3. The molecule has 3 aromatic rings. The van der Waals surface area contributed by atoms with Crippen molar-refractivity contribution in [1.29, 1.82) is 0 Å². The van der Waals surface area contributed by atoms with E-state index < -0.39 is 36.0 Å². The first-order chi connectivity index (χ1) is 16.8. The first-order valence-electron chi connectivity index (χ1n) is 10.7. The predicted octanol–water partition coefficient (Wildman–Crippen LogP) is 3.73. The van der Waals surface area contributed by atoms with E-state index in [0.29, 0.717) is 26.7 Å². The molecule has 0 saturated heterocycles. The Hall–Kier alpha value is -3.39. The van der Waals surface area contributed by atoms with E-state index in [2.05, 4.69) is 10.6 Å². The highest BCUT2D eigenvalue weighted by molar-refractivity contribution is 6.36. The average Bonchev–Trinajstić information content (AvgIpc) is 2.88. The van der Waals surface area contributed by atoms with Gasteiger partial charge in [-0.05, 0) is 35.4 Å². The SMILES string of the molecule is COC(=O)[C@@H](Cc1c(Cl)cccc1Cl)NC(=O)[C@H](O)[C@@H](NC(=O)c1ccccc1)c1ccccc1. The molecule has 2 amide bonds. The van der Waals surface area contributed by atoms with E-state index in [4.69, 9.17) is 27.9 Å². The molecule has 0 unspecified atom stereocenters. The number of aliphatic hydroxyl groups excluding tert-OH is 1. The molecule has 3 N–H and O–H groups in total. The summed E-state index contributed by atoms with van der Waals surface area (Å²) in [6.45, 7) is 0. The number of halogens is 2. The second-order valence-corrected chi connectivity index (χ2v) is 8.48. The van der Waals surface area contributed by atoms with E-state index in [9.17, 15) is 19.5 Å². The summed E-state index contributed by atoms with van der Waals surface area (Å²) in [5.74, 6) is -2.10. The van der Waals surface area contributed by atoms with E-state index in [1.165, 1.54) is 7.11 Å². The van der Waals surface area contributed by atoms with Crippen molar-refractivity contribution in [3.63, 3.8) is 0 Å². The van der Waals surface area contributed by atoms with Gasteiger partial charge < -0.3 is 20.5 Å². The molecule has 0 heterocycles. The molecule has 0 fully saturated rings. The molecule has 182 valence electrons. The van der Waals surface area contributed by atoms with Crippen LogP contribution in [0.5, 0.6) is 0 Å². The Balaban J connectivity index is 1.84. The highest BCUT2D eigenvalue weighted by atomic mass is 35.5. The Bertz CT molecular complexity index is 1150. The van der Waals surface area contributed by atoms with Crippen molar-refractivity contribution in [3.8, 4) is 0 Å². The van der Waals surface area contributed by atoms with Crippen LogP contribution in [-0.2, 0) is 20.7 Å². The maximum Gasteiger partial charge on any atom is 0.328 e. The Morgan fingerprint density at radius 2 is 1.43 bits per heavy atom. The number of hydrogen-bond donors (Lipinski definition) is 3. The van der Waals surface area contributed by atoms with Crippen LogP contribution in [0.1, 0.15) is 27.5 Å². The number of methoxy groups -OCH3 is 1. The van der Waals surface area contributed by atoms with Crippen LogP contribution in [0.3, 0.4) is 0 Å². The molecular weight excluding hydrogens is 491 g/mol. The minimum Gasteiger partial charge on any atom is -0.467 e. The number of ether oxygens (including phenoxy) is 1. The number of carbonyl (C=O) groups is 3. The summed E-state index contributed by atoms with van der Waals surface area (Å²) in [4.78, 5) is 38.3.